The number of aliphatic hydroxyl groups excluding tert-OH is 2. The average molecular weight is 871 g/mol. The van der Waals surface area contributed by atoms with E-state index in [1.165, 1.54) is 244 Å². The summed E-state index contributed by atoms with van der Waals surface area (Å²) in [6, 6.07) is -0.534. The summed E-state index contributed by atoms with van der Waals surface area (Å²) < 4.78 is 0. The first-order valence-corrected chi connectivity index (χ1v) is 28.2. The third-order valence-corrected chi connectivity index (χ3v) is 13.2. The maximum absolute atomic E-state index is 12.5. The van der Waals surface area contributed by atoms with E-state index in [4.69, 9.17) is 0 Å². The van der Waals surface area contributed by atoms with Gasteiger partial charge in [-0.3, -0.25) is 4.79 Å². The zero-order chi connectivity index (χ0) is 44.9. The fourth-order valence-electron chi connectivity index (χ4n) is 8.84. The van der Waals surface area contributed by atoms with Crippen LogP contribution in [0.3, 0.4) is 0 Å². The summed E-state index contributed by atoms with van der Waals surface area (Å²) in [6.45, 7) is 4.37. The predicted molar refractivity (Wildman–Crippen MR) is 276 cm³/mol. The lowest BCUT2D eigenvalue weighted by molar-refractivity contribution is -0.123. The number of amides is 1. The highest BCUT2D eigenvalue weighted by Gasteiger charge is 2.20. The van der Waals surface area contributed by atoms with E-state index < -0.39 is 12.1 Å². The number of rotatable bonds is 52. The van der Waals surface area contributed by atoms with E-state index in [0.29, 0.717) is 12.8 Å². The second kappa shape index (κ2) is 53.9. The molecule has 0 aromatic carbocycles. The molecule has 0 aliphatic carbocycles. The number of hydrogen-bond acceptors (Lipinski definition) is 3. The molecule has 0 aromatic heterocycles. The predicted octanol–water partition coefficient (Wildman–Crippen LogP) is 18.5. The molecule has 62 heavy (non-hydrogen) atoms. The molecule has 0 spiro atoms. The minimum Gasteiger partial charge on any atom is -0.394 e. The second-order valence-electron chi connectivity index (χ2n) is 19.4. The van der Waals surface area contributed by atoms with Gasteiger partial charge < -0.3 is 15.5 Å². The van der Waals surface area contributed by atoms with Gasteiger partial charge in [0.2, 0.25) is 5.91 Å². The number of unbranched alkanes of at least 4 members (excludes halogenated alkanes) is 39. The molecule has 4 heteroatoms. The van der Waals surface area contributed by atoms with Gasteiger partial charge in [-0.2, -0.15) is 0 Å². The van der Waals surface area contributed by atoms with Crippen molar-refractivity contribution < 1.29 is 15.0 Å². The highest BCUT2D eigenvalue weighted by molar-refractivity contribution is 5.76. The normalized spacial score (nSPS) is 13.0. The number of carbonyl (C=O) groups excluding carboxylic acids is 1. The van der Waals surface area contributed by atoms with E-state index in [9.17, 15) is 15.0 Å². The van der Waals surface area contributed by atoms with E-state index >= 15 is 0 Å². The zero-order valence-corrected chi connectivity index (χ0v) is 42.2. The van der Waals surface area contributed by atoms with Crippen molar-refractivity contribution >= 4 is 5.91 Å². The maximum Gasteiger partial charge on any atom is 0.220 e. The van der Waals surface area contributed by atoms with Gasteiger partial charge in [0, 0.05) is 6.42 Å². The van der Waals surface area contributed by atoms with Crippen molar-refractivity contribution in [1.29, 1.82) is 0 Å². The lowest BCUT2D eigenvalue weighted by Gasteiger charge is -2.22. The molecule has 0 rings (SSSR count). The Balaban J connectivity index is 3.40. The number of allylic oxidation sites excluding steroid dienone is 6. The average Bonchev–Trinajstić information content (AvgIpc) is 3.28. The summed E-state index contributed by atoms with van der Waals surface area (Å²) in [5.41, 5.74) is 0. The largest absolute Gasteiger partial charge is 0.394 e. The van der Waals surface area contributed by atoms with Crippen LogP contribution in [0.4, 0.5) is 0 Å². The van der Waals surface area contributed by atoms with Gasteiger partial charge in [-0.25, -0.2) is 0 Å². The van der Waals surface area contributed by atoms with Crippen molar-refractivity contribution in [3.05, 3.63) is 36.5 Å². The van der Waals surface area contributed by atoms with Gasteiger partial charge in [0.25, 0.3) is 0 Å². The van der Waals surface area contributed by atoms with Gasteiger partial charge >= 0.3 is 0 Å². The van der Waals surface area contributed by atoms with Crippen LogP contribution in [0.1, 0.15) is 309 Å². The van der Waals surface area contributed by atoms with E-state index in [2.05, 4.69) is 55.6 Å². The minimum atomic E-state index is -0.657. The summed E-state index contributed by atoms with van der Waals surface area (Å²) >= 11 is 0. The van der Waals surface area contributed by atoms with E-state index in [0.717, 1.165) is 38.5 Å². The molecular formula is C58H111NO3. The molecule has 4 nitrogen and oxygen atoms in total. The van der Waals surface area contributed by atoms with Crippen molar-refractivity contribution in [3.8, 4) is 0 Å². The Morgan fingerprint density at radius 2 is 0.661 bits per heavy atom. The molecule has 0 aliphatic heterocycles. The first kappa shape index (κ1) is 60.6. The van der Waals surface area contributed by atoms with Crippen molar-refractivity contribution in [1.82, 2.24) is 5.32 Å². The Morgan fingerprint density at radius 3 is 0.984 bits per heavy atom. The summed E-state index contributed by atoms with van der Waals surface area (Å²) in [4.78, 5) is 12.5. The number of nitrogens with one attached hydrogen (secondary N) is 1. The van der Waals surface area contributed by atoms with Gasteiger partial charge in [0.05, 0.1) is 18.8 Å². The van der Waals surface area contributed by atoms with Gasteiger partial charge in [-0.05, 0) is 51.4 Å². The smallest absolute Gasteiger partial charge is 0.220 e. The third kappa shape index (κ3) is 49.6. The van der Waals surface area contributed by atoms with Crippen molar-refractivity contribution in [2.75, 3.05) is 6.61 Å². The number of aliphatic hydroxyl groups is 2. The molecule has 2 atom stereocenters. The molecule has 3 N–H and O–H groups in total. The van der Waals surface area contributed by atoms with Gasteiger partial charge in [-0.1, -0.05) is 288 Å². The fraction of sp³-hybridized carbons (Fsp3) is 0.879. The second-order valence-corrected chi connectivity index (χ2v) is 19.4. The van der Waals surface area contributed by atoms with Crippen LogP contribution in [0.25, 0.3) is 0 Å². The van der Waals surface area contributed by atoms with Gasteiger partial charge in [-0.15, -0.1) is 0 Å². The molecular weight excluding hydrogens is 759 g/mol. The molecule has 0 aliphatic rings. The molecule has 0 bridgehead atoms. The highest BCUT2D eigenvalue weighted by atomic mass is 16.3. The van der Waals surface area contributed by atoms with E-state index in [-0.39, 0.29) is 12.5 Å². The van der Waals surface area contributed by atoms with Crippen LogP contribution in [-0.4, -0.2) is 34.9 Å². The van der Waals surface area contributed by atoms with Crippen LogP contribution in [0, 0.1) is 0 Å². The van der Waals surface area contributed by atoms with Crippen LogP contribution in [0.5, 0.6) is 0 Å². The number of carbonyl (C=O) groups is 1. The third-order valence-electron chi connectivity index (χ3n) is 13.2. The first-order chi connectivity index (χ1) is 30.7. The molecule has 0 aromatic rings. The molecule has 0 fully saturated rings. The molecule has 366 valence electrons. The maximum atomic E-state index is 12.5. The Morgan fingerprint density at radius 1 is 0.387 bits per heavy atom. The van der Waals surface area contributed by atoms with Crippen LogP contribution >= 0.6 is 0 Å². The van der Waals surface area contributed by atoms with Crippen molar-refractivity contribution in [3.63, 3.8) is 0 Å². The van der Waals surface area contributed by atoms with Crippen molar-refractivity contribution in [2.24, 2.45) is 0 Å². The molecule has 0 saturated heterocycles. The SMILES string of the molecule is CCCCCCC/C=C\C/C=C\C/C=C\CCCCCCCCCCCCCCCCCCCCCCC(=O)NC(CO)C(O)CCCCCCCCCCCCCCCCC. The lowest BCUT2D eigenvalue weighted by Crippen LogP contribution is -2.45. The lowest BCUT2D eigenvalue weighted by atomic mass is 10.0. The summed E-state index contributed by atoms with van der Waals surface area (Å²) in [6.07, 6.45) is 72.8. The molecule has 0 heterocycles. The van der Waals surface area contributed by atoms with Crippen molar-refractivity contribution in [2.45, 2.75) is 321 Å². The Labute approximate surface area is 389 Å². The van der Waals surface area contributed by atoms with Gasteiger partial charge in [0.1, 0.15) is 0 Å². The summed E-state index contributed by atoms with van der Waals surface area (Å²) in [5, 5.41) is 23.3. The Bertz CT molecular complexity index is 943. The van der Waals surface area contributed by atoms with Crippen LogP contribution in [-0.2, 0) is 4.79 Å². The van der Waals surface area contributed by atoms with E-state index in [1.54, 1.807) is 0 Å². The monoisotopic (exact) mass is 870 g/mol. The molecule has 0 radical (unpaired) electrons. The topological polar surface area (TPSA) is 69.6 Å². The van der Waals surface area contributed by atoms with Crippen LogP contribution in [0.15, 0.2) is 36.5 Å². The van der Waals surface area contributed by atoms with E-state index in [1.807, 2.05) is 0 Å². The quantitative estimate of drug-likeness (QED) is 0.0421. The van der Waals surface area contributed by atoms with Crippen LogP contribution in [0.2, 0.25) is 0 Å². The zero-order valence-electron chi connectivity index (χ0n) is 42.2. The Hall–Kier alpha value is -1.39. The molecule has 1 amide bonds. The van der Waals surface area contributed by atoms with Gasteiger partial charge in [0.15, 0.2) is 0 Å². The molecule has 2 unspecified atom stereocenters. The van der Waals surface area contributed by atoms with Crippen LogP contribution < -0.4 is 5.32 Å². The number of hydrogen-bond donors (Lipinski definition) is 3. The first-order valence-electron chi connectivity index (χ1n) is 28.2. The summed E-state index contributed by atoms with van der Waals surface area (Å²) in [5.74, 6) is -0.0266. The molecule has 0 saturated carbocycles. The standard InChI is InChI=1S/C58H111NO3/c1-3-5-7-9-11-13-15-17-19-20-21-22-23-24-25-26-27-28-29-30-31-32-33-34-35-36-37-38-40-42-44-46-48-50-52-54-58(62)59-56(55-60)57(61)53-51-49-47-45-43-41-39-18-16-14-12-10-8-6-4-2/h15,17,20-21,23-24,56-57,60-61H,3-14,16,18-19,22,25-55H2,1-2H3,(H,59,62)/b17-15-,21-20-,24-23-. The highest BCUT2D eigenvalue weighted by Crippen LogP contribution is 2.17. The minimum absolute atomic E-state index is 0.0266. The fourth-order valence-corrected chi connectivity index (χ4v) is 8.84. The Kier molecular flexibility index (Phi) is 52.7. The summed E-state index contributed by atoms with van der Waals surface area (Å²) in [7, 11) is 0.